The summed E-state index contributed by atoms with van der Waals surface area (Å²) in [6.45, 7) is 4.15. The molecule has 1 heterocycles. The summed E-state index contributed by atoms with van der Waals surface area (Å²) in [7, 11) is 0. The van der Waals surface area contributed by atoms with Crippen molar-refractivity contribution >= 4 is 11.9 Å². The van der Waals surface area contributed by atoms with Crippen LogP contribution >= 0.6 is 0 Å². The highest BCUT2D eigenvalue weighted by atomic mass is 16.5. The molecule has 98 valence electrons. The third kappa shape index (κ3) is 5.17. The maximum Gasteiger partial charge on any atom is 0.320 e. The van der Waals surface area contributed by atoms with Crippen LogP contribution in [0.25, 0.3) is 0 Å². The number of esters is 1. The molecule has 1 N–H and O–H groups in total. The molecule has 1 aliphatic rings. The number of hydrogen-bond acceptors (Lipinski definition) is 4. The largest absolute Gasteiger partial charge is 0.481 e. The van der Waals surface area contributed by atoms with Crippen molar-refractivity contribution < 1.29 is 19.4 Å². The SMILES string of the molecule is CCCCOC(=O)CN1CCC(C(=O)O)CC1. The van der Waals surface area contributed by atoms with Crippen molar-refractivity contribution in [2.24, 2.45) is 5.92 Å². The number of aliphatic carboxylic acids is 1. The Labute approximate surface area is 102 Å². The fraction of sp³-hybridized carbons (Fsp3) is 0.833. The third-order valence-electron chi connectivity index (χ3n) is 3.05. The maximum absolute atomic E-state index is 11.4. The molecule has 0 saturated carbocycles. The Bertz CT molecular complexity index is 259. The Morgan fingerprint density at radius 1 is 1.35 bits per heavy atom. The molecule has 1 rings (SSSR count). The summed E-state index contributed by atoms with van der Waals surface area (Å²) in [5, 5.41) is 8.84. The van der Waals surface area contributed by atoms with Gasteiger partial charge in [-0.1, -0.05) is 13.3 Å². The number of carbonyl (C=O) groups is 2. The zero-order valence-electron chi connectivity index (χ0n) is 10.4. The van der Waals surface area contributed by atoms with Gasteiger partial charge in [-0.05, 0) is 32.4 Å². The van der Waals surface area contributed by atoms with Gasteiger partial charge in [0.15, 0.2) is 0 Å². The van der Waals surface area contributed by atoms with Crippen molar-refractivity contribution in [3.8, 4) is 0 Å². The lowest BCUT2D eigenvalue weighted by molar-refractivity contribution is -0.146. The number of carboxylic acids is 1. The van der Waals surface area contributed by atoms with Crippen molar-refractivity contribution in [2.45, 2.75) is 32.6 Å². The highest BCUT2D eigenvalue weighted by Gasteiger charge is 2.25. The Kier molecular flexibility index (Phi) is 5.97. The molecule has 1 aliphatic heterocycles. The summed E-state index contributed by atoms with van der Waals surface area (Å²) in [6, 6.07) is 0. The highest BCUT2D eigenvalue weighted by Crippen LogP contribution is 2.16. The van der Waals surface area contributed by atoms with Crippen molar-refractivity contribution in [1.29, 1.82) is 0 Å². The standard InChI is InChI=1S/C12H21NO4/c1-2-3-8-17-11(14)9-13-6-4-10(5-7-13)12(15)16/h10H,2-9H2,1H3,(H,15,16). The number of piperidine rings is 1. The number of carboxylic acid groups (broad SMARTS) is 1. The number of carbonyl (C=O) groups excluding carboxylic acids is 1. The van der Waals surface area contributed by atoms with Gasteiger partial charge in [0.1, 0.15) is 0 Å². The van der Waals surface area contributed by atoms with E-state index in [1.807, 2.05) is 11.8 Å². The second-order valence-electron chi connectivity index (χ2n) is 4.46. The van der Waals surface area contributed by atoms with E-state index < -0.39 is 5.97 Å². The summed E-state index contributed by atoms with van der Waals surface area (Å²) in [5.74, 6) is -1.18. The molecule has 0 aromatic carbocycles. The van der Waals surface area contributed by atoms with Crippen molar-refractivity contribution in [2.75, 3.05) is 26.2 Å². The molecule has 17 heavy (non-hydrogen) atoms. The van der Waals surface area contributed by atoms with Crippen LogP contribution < -0.4 is 0 Å². The van der Waals surface area contributed by atoms with Crippen LogP contribution in [0, 0.1) is 5.92 Å². The summed E-state index contributed by atoms with van der Waals surface area (Å²) >= 11 is 0. The van der Waals surface area contributed by atoms with Crippen LogP contribution in [-0.2, 0) is 14.3 Å². The van der Waals surface area contributed by atoms with E-state index in [0.29, 0.717) is 32.5 Å². The Morgan fingerprint density at radius 3 is 2.53 bits per heavy atom. The van der Waals surface area contributed by atoms with E-state index in [9.17, 15) is 9.59 Å². The molecular weight excluding hydrogens is 222 g/mol. The first kappa shape index (κ1) is 14.0. The number of rotatable bonds is 6. The van der Waals surface area contributed by atoms with Gasteiger partial charge in [-0.15, -0.1) is 0 Å². The molecule has 0 amide bonds. The molecule has 1 saturated heterocycles. The molecule has 5 nitrogen and oxygen atoms in total. The summed E-state index contributed by atoms with van der Waals surface area (Å²) in [5.41, 5.74) is 0. The van der Waals surface area contributed by atoms with Gasteiger partial charge >= 0.3 is 11.9 Å². The lowest BCUT2D eigenvalue weighted by Gasteiger charge is -2.28. The van der Waals surface area contributed by atoms with Gasteiger partial charge in [0.2, 0.25) is 0 Å². The predicted octanol–water partition coefficient (Wildman–Crippen LogP) is 1.13. The predicted molar refractivity (Wildman–Crippen MR) is 62.7 cm³/mol. The topological polar surface area (TPSA) is 66.8 Å². The van der Waals surface area contributed by atoms with Crippen LogP contribution in [0.1, 0.15) is 32.6 Å². The van der Waals surface area contributed by atoms with Gasteiger partial charge in [0.25, 0.3) is 0 Å². The van der Waals surface area contributed by atoms with Crippen molar-refractivity contribution in [3.05, 3.63) is 0 Å². The first-order chi connectivity index (χ1) is 8.13. The molecule has 0 unspecified atom stereocenters. The van der Waals surface area contributed by atoms with E-state index in [4.69, 9.17) is 9.84 Å². The normalized spacial score (nSPS) is 17.9. The minimum Gasteiger partial charge on any atom is -0.481 e. The number of nitrogens with zero attached hydrogens (tertiary/aromatic N) is 1. The van der Waals surface area contributed by atoms with E-state index in [1.165, 1.54) is 0 Å². The van der Waals surface area contributed by atoms with Crippen LogP contribution in [0.2, 0.25) is 0 Å². The summed E-state index contributed by atoms with van der Waals surface area (Å²) in [4.78, 5) is 24.1. The molecule has 1 fully saturated rings. The molecule has 0 atom stereocenters. The molecular formula is C12H21NO4. The van der Waals surface area contributed by atoms with Crippen LogP contribution in [0.5, 0.6) is 0 Å². The summed E-state index contributed by atoms with van der Waals surface area (Å²) in [6.07, 6.45) is 3.15. The number of unbranched alkanes of at least 4 members (excludes halogenated alkanes) is 1. The second-order valence-corrected chi connectivity index (χ2v) is 4.46. The average molecular weight is 243 g/mol. The van der Waals surface area contributed by atoms with Gasteiger partial charge < -0.3 is 9.84 Å². The zero-order valence-corrected chi connectivity index (χ0v) is 10.4. The molecule has 0 aromatic heterocycles. The number of hydrogen-bond donors (Lipinski definition) is 1. The molecule has 0 aromatic rings. The minimum atomic E-state index is -0.727. The summed E-state index contributed by atoms with van der Waals surface area (Å²) < 4.78 is 5.06. The quantitative estimate of drug-likeness (QED) is 0.559. The minimum absolute atomic E-state index is 0.202. The van der Waals surface area contributed by atoms with Crippen molar-refractivity contribution in [1.82, 2.24) is 4.90 Å². The van der Waals surface area contributed by atoms with E-state index >= 15 is 0 Å². The van der Waals surface area contributed by atoms with Gasteiger partial charge in [0.05, 0.1) is 19.1 Å². The highest BCUT2D eigenvalue weighted by molar-refractivity contribution is 5.72. The van der Waals surface area contributed by atoms with E-state index in [1.54, 1.807) is 0 Å². The van der Waals surface area contributed by atoms with Crippen molar-refractivity contribution in [3.63, 3.8) is 0 Å². The fourth-order valence-electron chi connectivity index (χ4n) is 1.90. The van der Waals surface area contributed by atoms with E-state index in [0.717, 1.165) is 12.8 Å². The maximum atomic E-state index is 11.4. The Morgan fingerprint density at radius 2 is 2.00 bits per heavy atom. The molecule has 0 radical (unpaired) electrons. The number of ether oxygens (including phenoxy) is 1. The first-order valence-corrected chi connectivity index (χ1v) is 6.24. The second kappa shape index (κ2) is 7.27. The van der Waals surface area contributed by atoms with Gasteiger partial charge in [-0.3, -0.25) is 14.5 Å². The molecule has 0 aliphatic carbocycles. The van der Waals surface area contributed by atoms with Crippen LogP contribution in [0.15, 0.2) is 0 Å². The van der Waals surface area contributed by atoms with E-state index in [2.05, 4.69) is 0 Å². The van der Waals surface area contributed by atoms with Crippen LogP contribution in [0.4, 0.5) is 0 Å². The smallest absolute Gasteiger partial charge is 0.320 e. The monoisotopic (exact) mass is 243 g/mol. The Hall–Kier alpha value is -1.10. The van der Waals surface area contributed by atoms with Crippen LogP contribution in [0.3, 0.4) is 0 Å². The Balaban J connectivity index is 2.17. The fourth-order valence-corrected chi connectivity index (χ4v) is 1.90. The van der Waals surface area contributed by atoms with Crippen LogP contribution in [-0.4, -0.2) is 48.2 Å². The zero-order chi connectivity index (χ0) is 12.7. The molecule has 5 heteroatoms. The lowest BCUT2D eigenvalue weighted by atomic mass is 9.97. The lowest BCUT2D eigenvalue weighted by Crippen LogP contribution is -2.39. The van der Waals surface area contributed by atoms with E-state index in [-0.39, 0.29) is 18.4 Å². The third-order valence-corrected chi connectivity index (χ3v) is 3.05. The average Bonchev–Trinajstić information content (AvgIpc) is 2.30. The van der Waals surface area contributed by atoms with Gasteiger partial charge in [-0.2, -0.15) is 0 Å². The molecule has 0 spiro atoms. The van der Waals surface area contributed by atoms with Gasteiger partial charge in [-0.25, -0.2) is 0 Å². The first-order valence-electron chi connectivity index (χ1n) is 6.24. The van der Waals surface area contributed by atoms with Gasteiger partial charge in [0, 0.05) is 0 Å². The molecule has 0 bridgehead atoms. The number of likely N-dealkylation sites (tertiary alicyclic amines) is 1.